The molecule has 0 aliphatic carbocycles. The third kappa shape index (κ3) is 72.5. The molecule has 506 valence electrons. The molecule has 2 aliphatic rings. The van der Waals surface area contributed by atoms with Crippen LogP contribution in [0.2, 0.25) is 0 Å². The van der Waals surface area contributed by atoms with Crippen LogP contribution in [0, 0.1) is 0 Å². The van der Waals surface area contributed by atoms with E-state index in [9.17, 15) is 4.79 Å². The summed E-state index contributed by atoms with van der Waals surface area (Å²) in [5, 5.41) is 3.28. The SMILES string of the molecule is C1CCNCC1.CCCCC/C=C\C/C=C\CCCCCCCCC(=O)CCCCCCCC/C=C\C/C=C\CCCCC.CCCCC/C=C\C/C=C\CCCCCCCCC(CCCCCCCC/C=C\C/C=C\CCCCC)N1CCCCC1. The van der Waals surface area contributed by atoms with Crippen LogP contribution in [0.3, 0.4) is 0 Å². The lowest BCUT2D eigenvalue weighted by Crippen LogP contribution is -2.39. The summed E-state index contributed by atoms with van der Waals surface area (Å²) in [6, 6.07) is 0.872. The monoisotopic (exact) mass is 1210 g/mol. The van der Waals surface area contributed by atoms with Crippen LogP contribution in [-0.4, -0.2) is 42.9 Å². The second kappa shape index (κ2) is 77.8. The summed E-state index contributed by atoms with van der Waals surface area (Å²) in [6.45, 7) is 14.3. The van der Waals surface area contributed by atoms with Crippen molar-refractivity contribution < 1.29 is 4.79 Å². The van der Waals surface area contributed by atoms with Gasteiger partial charge in [0, 0.05) is 18.9 Å². The summed E-state index contributed by atoms with van der Waals surface area (Å²) in [7, 11) is 0. The maximum Gasteiger partial charge on any atom is 0.132 e. The van der Waals surface area contributed by atoms with Crippen molar-refractivity contribution in [3.05, 3.63) is 97.2 Å². The largest absolute Gasteiger partial charge is 0.317 e. The number of hydrogen-bond acceptors (Lipinski definition) is 3. The minimum atomic E-state index is 0.499. The van der Waals surface area contributed by atoms with Gasteiger partial charge < -0.3 is 10.2 Å². The number of likely N-dealkylation sites (tertiary alicyclic amines) is 1. The fourth-order valence-electron chi connectivity index (χ4n) is 12.1. The van der Waals surface area contributed by atoms with Crippen LogP contribution >= 0.6 is 0 Å². The first-order valence-electron chi connectivity index (χ1n) is 39.4. The van der Waals surface area contributed by atoms with E-state index in [-0.39, 0.29) is 0 Å². The highest BCUT2D eigenvalue weighted by atomic mass is 16.1. The van der Waals surface area contributed by atoms with Crippen molar-refractivity contribution >= 4 is 5.78 Å². The van der Waals surface area contributed by atoms with Crippen LogP contribution < -0.4 is 5.32 Å². The number of rotatable bonds is 61. The summed E-state index contributed by atoms with van der Waals surface area (Å²) >= 11 is 0. The van der Waals surface area contributed by atoms with Crippen LogP contribution in [0.5, 0.6) is 0 Å². The fourth-order valence-corrected chi connectivity index (χ4v) is 12.1. The Hall–Kier alpha value is -2.49. The molecule has 0 spiro atoms. The third-order valence-electron chi connectivity index (χ3n) is 17.9. The van der Waals surface area contributed by atoms with E-state index in [0.29, 0.717) is 5.78 Å². The number of nitrogens with one attached hydrogen (secondary N) is 1. The summed E-state index contributed by atoms with van der Waals surface area (Å²) in [5.41, 5.74) is 0. The van der Waals surface area contributed by atoms with Gasteiger partial charge in [0.1, 0.15) is 5.78 Å². The molecule has 0 amide bonds. The fraction of sp³-hybridized carbons (Fsp3) is 0.798. The van der Waals surface area contributed by atoms with Gasteiger partial charge in [-0.15, -0.1) is 0 Å². The Kier molecular flexibility index (Phi) is 75.5. The number of allylic oxidation sites excluding steroid dienone is 16. The van der Waals surface area contributed by atoms with Crippen LogP contribution in [0.25, 0.3) is 0 Å². The van der Waals surface area contributed by atoms with Crippen molar-refractivity contribution in [1.29, 1.82) is 0 Å². The molecule has 0 saturated carbocycles. The first-order valence-corrected chi connectivity index (χ1v) is 39.4. The number of ketones is 1. The van der Waals surface area contributed by atoms with Gasteiger partial charge in [0.15, 0.2) is 0 Å². The van der Waals surface area contributed by atoms with Crippen LogP contribution in [0.15, 0.2) is 97.2 Å². The Morgan fingerprint density at radius 2 is 0.529 bits per heavy atom. The van der Waals surface area contributed by atoms with Gasteiger partial charge in [0.25, 0.3) is 0 Å². The number of unbranched alkanes of at least 4 members (excludes halogenated alkanes) is 36. The molecule has 2 aliphatic heterocycles. The zero-order valence-electron chi connectivity index (χ0n) is 59.5. The van der Waals surface area contributed by atoms with Gasteiger partial charge in [-0.3, -0.25) is 4.79 Å². The number of nitrogens with zero attached hydrogens (tertiary/aromatic N) is 1. The summed E-state index contributed by atoms with van der Waals surface area (Å²) in [4.78, 5) is 15.0. The number of Topliss-reactive ketones (excluding diaryl/α,β-unsaturated/α-hetero) is 1. The van der Waals surface area contributed by atoms with Crippen LogP contribution in [-0.2, 0) is 4.79 Å². The van der Waals surface area contributed by atoms with Crippen molar-refractivity contribution in [2.24, 2.45) is 0 Å². The van der Waals surface area contributed by atoms with Gasteiger partial charge in [0.2, 0.25) is 0 Å². The van der Waals surface area contributed by atoms with Crippen molar-refractivity contribution in [2.75, 3.05) is 26.2 Å². The molecule has 0 aromatic heterocycles. The molecule has 0 aromatic rings. The Labute approximate surface area is 547 Å². The van der Waals surface area contributed by atoms with E-state index < -0.39 is 0 Å². The van der Waals surface area contributed by atoms with E-state index in [2.05, 4.69) is 135 Å². The normalized spacial score (nSPS) is 14.4. The molecule has 0 bridgehead atoms. The molecule has 2 heterocycles. The lowest BCUT2D eigenvalue weighted by molar-refractivity contribution is -0.119. The second-order valence-corrected chi connectivity index (χ2v) is 26.5. The molecule has 0 unspecified atom stereocenters. The van der Waals surface area contributed by atoms with E-state index in [1.165, 1.54) is 347 Å². The minimum absolute atomic E-state index is 0.499. The molecule has 3 nitrogen and oxygen atoms in total. The molecular formula is C84H154N2O. The average molecular weight is 1210 g/mol. The molecular weight excluding hydrogens is 1050 g/mol. The van der Waals surface area contributed by atoms with E-state index in [0.717, 1.165) is 57.4 Å². The number of carbonyl (C=O) groups is 1. The van der Waals surface area contributed by atoms with Crippen molar-refractivity contribution in [1.82, 2.24) is 10.2 Å². The molecule has 0 radical (unpaired) electrons. The maximum absolute atomic E-state index is 12.1. The summed E-state index contributed by atoms with van der Waals surface area (Å²) < 4.78 is 0. The predicted molar refractivity (Wildman–Crippen MR) is 397 cm³/mol. The molecule has 2 saturated heterocycles. The smallest absolute Gasteiger partial charge is 0.132 e. The Balaban J connectivity index is 0.00000155. The maximum atomic E-state index is 12.1. The molecule has 3 heteroatoms. The topological polar surface area (TPSA) is 32.3 Å². The van der Waals surface area contributed by atoms with Gasteiger partial charge >= 0.3 is 0 Å². The quantitative estimate of drug-likeness (QED) is 0.0487. The predicted octanol–water partition coefficient (Wildman–Crippen LogP) is 28.0. The Morgan fingerprint density at radius 3 is 0.782 bits per heavy atom. The zero-order chi connectivity index (χ0) is 62.6. The molecule has 0 aromatic carbocycles. The van der Waals surface area contributed by atoms with Gasteiger partial charge in [-0.25, -0.2) is 0 Å². The summed E-state index contributed by atoms with van der Waals surface area (Å²) in [6.07, 6.45) is 114. The molecule has 1 N–H and O–H groups in total. The molecule has 0 atom stereocenters. The van der Waals surface area contributed by atoms with Gasteiger partial charge in [-0.2, -0.15) is 0 Å². The zero-order valence-corrected chi connectivity index (χ0v) is 59.5. The first kappa shape index (κ1) is 84.5. The van der Waals surface area contributed by atoms with Crippen LogP contribution in [0.4, 0.5) is 0 Å². The van der Waals surface area contributed by atoms with Gasteiger partial charge in [-0.05, 0) is 206 Å². The highest BCUT2D eigenvalue weighted by Gasteiger charge is 2.20. The number of piperidine rings is 2. The van der Waals surface area contributed by atoms with Crippen molar-refractivity contribution in [3.8, 4) is 0 Å². The highest BCUT2D eigenvalue weighted by Crippen LogP contribution is 2.23. The first-order chi connectivity index (χ1) is 43.2. The number of hydrogen-bond donors (Lipinski definition) is 1. The molecule has 87 heavy (non-hydrogen) atoms. The van der Waals surface area contributed by atoms with E-state index in [4.69, 9.17) is 0 Å². The minimum Gasteiger partial charge on any atom is -0.317 e. The van der Waals surface area contributed by atoms with E-state index >= 15 is 0 Å². The highest BCUT2D eigenvalue weighted by molar-refractivity contribution is 5.78. The molecule has 2 rings (SSSR count). The van der Waals surface area contributed by atoms with Crippen molar-refractivity contribution in [3.63, 3.8) is 0 Å². The average Bonchev–Trinajstić information content (AvgIpc) is 3.59. The van der Waals surface area contributed by atoms with E-state index in [1.807, 2.05) is 0 Å². The lowest BCUT2D eigenvalue weighted by Gasteiger charge is -2.35. The lowest BCUT2D eigenvalue weighted by atomic mass is 9.97. The van der Waals surface area contributed by atoms with Gasteiger partial charge in [-0.1, -0.05) is 305 Å². The third-order valence-corrected chi connectivity index (χ3v) is 17.9. The molecule has 2 fully saturated rings. The second-order valence-electron chi connectivity index (χ2n) is 26.5. The summed E-state index contributed by atoms with van der Waals surface area (Å²) in [5.74, 6) is 0.499. The number of carbonyl (C=O) groups excluding carboxylic acids is 1. The Morgan fingerprint density at radius 1 is 0.287 bits per heavy atom. The van der Waals surface area contributed by atoms with Crippen molar-refractivity contribution in [2.45, 2.75) is 406 Å². The Bertz CT molecular complexity index is 1440. The van der Waals surface area contributed by atoms with Gasteiger partial charge in [0.05, 0.1) is 0 Å². The van der Waals surface area contributed by atoms with Crippen LogP contribution in [0.1, 0.15) is 400 Å². The standard InChI is InChI=1S/C42H77N.C37H66O.C5H11N/c1-3-5-7-9-11-13-15-17-19-21-23-25-27-29-31-34-38-42(43-40-36-33-37-41-43)39-35-32-30-28-26-24-22-20-18-16-14-12-10-8-6-4-2;1-3-5-7-9-11-13-15-17-19-21-23-25-27-29-31-33-35-37(38)36-34-32-30-28-26-24-22-20-18-16-14-12-10-8-6-4-2;1-2-4-6-5-3-1/h11-14,17-20,42H,3-10,15-16,21-41H2,1-2H3;11-14,17-20H,3-10,15-16,21-36H2,1-2H3;6H,1-5H2/b2*13-11-,14-12-,19-17-,20-18-;. The van der Waals surface area contributed by atoms with E-state index in [1.54, 1.807) is 0 Å².